The molecule has 0 saturated carbocycles. The van der Waals surface area contributed by atoms with Crippen LogP contribution in [0.1, 0.15) is 6.42 Å². The lowest BCUT2D eigenvalue weighted by atomic mass is 10.3. The van der Waals surface area contributed by atoms with Gasteiger partial charge in [-0.15, -0.1) is 0 Å². The third-order valence-electron chi connectivity index (χ3n) is 2.16. The third kappa shape index (κ3) is 7.94. The molecule has 1 unspecified atom stereocenters. The van der Waals surface area contributed by atoms with Crippen LogP contribution >= 0.6 is 0 Å². The van der Waals surface area contributed by atoms with E-state index in [0.29, 0.717) is 6.04 Å². The van der Waals surface area contributed by atoms with Gasteiger partial charge in [-0.2, -0.15) is 13.2 Å². The van der Waals surface area contributed by atoms with Crippen LogP contribution in [0.4, 0.5) is 13.2 Å². The number of aliphatic carboxylic acids is 1. The lowest BCUT2D eigenvalue weighted by Gasteiger charge is -2.13. The molecule has 0 spiro atoms. The lowest BCUT2D eigenvalue weighted by Crippen LogP contribution is -2.28. The SMILES string of the molecule is COCCN1CCC(N)C1.O=C(O)C(F)(F)F. The molecule has 17 heavy (non-hydrogen) atoms. The van der Waals surface area contributed by atoms with Crippen molar-refractivity contribution in [1.29, 1.82) is 0 Å². The summed E-state index contributed by atoms with van der Waals surface area (Å²) < 4.78 is 36.7. The van der Waals surface area contributed by atoms with Gasteiger partial charge in [0.05, 0.1) is 6.61 Å². The van der Waals surface area contributed by atoms with Crippen molar-refractivity contribution in [3.05, 3.63) is 0 Å². The molecule has 0 bridgehead atoms. The predicted molar refractivity (Wildman–Crippen MR) is 54.6 cm³/mol. The largest absolute Gasteiger partial charge is 0.490 e. The molecule has 1 aliphatic heterocycles. The second kappa shape index (κ2) is 7.46. The Hall–Kier alpha value is -0.860. The molecule has 0 radical (unpaired) electrons. The summed E-state index contributed by atoms with van der Waals surface area (Å²) in [4.78, 5) is 11.2. The fourth-order valence-electron chi connectivity index (χ4n) is 1.29. The number of likely N-dealkylation sites (tertiary alicyclic amines) is 1. The van der Waals surface area contributed by atoms with E-state index in [1.54, 1.807) is 7.11 Å². The van der Waals surface area contributed by atoms with Crippen molar-refractivity contribution in [2.24, 2.45) is 5.73 Å². The summed E-state index contributed by atoms with van der Waals surface area (Å²) in [6, 6.07) is 0.400. The molecule has 0 amide bonds. The minimum atomic E-state index is -5.08. The van der Waals surface area contributed by atoms with E-state index in [0.717, 1.165) is 32.7 Å². The van der Waals surface area contributed by atoms with Crippen molar-refractivity contribution in [2.45, 2.75) is 18.6 Å². The summed E-state index contributed by atoms with van der Waals surface area (Å²) in [5.74, 6) is -2.76. The first-order valence-electron chi connectivity index (χ1n) is 5.04. The zero-order valence-corrected chi connectivity index (χ0v) is 9.54. The summed E-state index contributed by atoms with van der Waals surface area (Å²) >= 11 is 0. The van der Waals surface area contributed by atoms with E-state index in [2.05, 4.69) is 4.90 Å². The number of methoxy groups -OCH3 is 1. The van der Waals surface area contributed by atoms with Gasteiger partial charge in [-0.3, -0.25) is 4.90 Å². The van der Waals surface area contributed by atoms with Crippen molar-refractivity contribution in [3.8, 4) is 0 Å². The number of alkyl halides is 3. The van der Waals surface area contributed by atoms with Crippen LogP contribution in [0.25, 0.3) is 0 Å². The van der Waals surface area contributed by atoms with Crippen molar-refractivity contribution in [2.75, 3.05) is 33.4 Å². The number of rotatable bonds is 3. The lowest BCUT2D eigenvalue weighted by molar-refractivity contribution is -0.192. The van der Waals surface area contributed by atoms with Gasteiger partial charge in [0.15, 0.2) is 0 Å². The molecule has 0 aromatic heterocycles. The van der Waals surface area contributed by atoms with Crippen LogP contribution < -0.4 is 5.73 Å². The summed E-state index contributed by atoms with van der Waals surface area (Å²) in [6.45, 7) is 4.05. The third-order valence-corrected chi connectivity index (χ3v) is 2.16. The molecule has 1 atom stereocenters. The molecule has 1 saturated heterocycles. The first kappa shape index (κ1) is 16.1. The highest BCUT2D eigenvalue weighted by Crippen LogP contribution is 2.13. The van der Waals surface area contributed by atoms with Crippen molar-refractivity contribution >= 4 is 5.97 Å². The molecule has 0 aromatic carbocycles. The Kier molecular flexibility index (Phi) is 7.09. The zero-order valence-electron chi connectivity index (χ0n) is 9.54. The summed E-state index contributed by atoms with van der Waals surface area (Å²) in [6.07, 6.45) is -3.94. The Morgan fingerprint density at radius 2 is 2.12 bits per heavy atom. The molecular weight excluding hydrogens is 241 g/mol. The van der Waals surface area contributed by atoms with Gasteiger partial charge in [0.25, 0.3) is 0 Å². The zero-order chi connectivity index (χ0) is 13.5. The Morgan fingerprint density at radius 3 is 2.41 bits per heavy atom. The van der Waals surface area contributed by atoms with E-state index < -0.39 is 12.1 Å². The maximum Gasteiger partial charge on any atom is 0.490 e. The number of hydrogen-bond acceptors (Lipinski definition) is 4. The molecule has 1 rings (SSSR count). The van der Waals surface area contributed by atoms with Gasteiger partial charge in [-0.1, -0.05) is 0 Å². The standard InChI is InChI=1S/C7H16N2O.C2HF3O2/c1-10-5-4-9-3-2-7(8)6-9;3-2(4,5)1(6)7/h7H,2-6,8H2,1H3;(H,6,7). The van der Waals surface area contributed by atoms with Crippen LogP contribution in [0.5, 0.6) is 0 Å². The molecule has 0 aliphatic carbocycles. The van der Waals surface area contributed by atoms with E-state index in [1.807, 2.05) is 0 Å². The average Bonchev–Trinajstić information content (AvgIpc) is 2.60. The fraction of sp³-hybridized carbons (Fsp3) is 0.889. The Labute approximate surface area is 97.3 Å². The topological polar surface area (TPSA) is 75.8 Å². The van der Waals surface area contributed by atoms with Gasteiger partial charge in [-0.25, -0.2) is 4.79 Å². The van der Waals surface area contributed by atoms with E-state index in [4.69, 9.17) is 20.4 Å². The highest BCUT2D eigenvalue weighted by molar-refractivity contribution is 5.73. The number of ether oxygens (including phenoxy) is 1. The van der Waals surface area contributed by atoms with Gasteiger partial charge in [-0.05, 0) is 13.0 Å². The van der Waals surface area contributed by atoms with E-state index in [1.165, 1.54) is 0 Å². The Balaban J connectivity index is 0.000000325. The first-order chi connectivity index (χ1) is 7.77. The molecule has 0 aromatic rings. The minimum Gasteiger partial charge on any atom is -0.475 e. The number of carbonyl (C=O) groups is 1. The first-order valence-corrected chi connectivity index (χ1v) is 5.04. The number of nitrogens with zero attached hydrogens (tertiary/aromatic N) is 1. The van der Waals surface area contributed by atoms with E-state index >= 15 is 0 Å². The fourth-order valence-corrected chi connectivity index (χ4v) is 1.29. The monoisotopic (exact) mass is 258 g/mol. The van der Waals surface area contributed by atoms with Crippen LogP contribution in [0.2, 0.25) is 0 Å². The Bertz CT molecular complexity index is 236. The summed E-state index contributed by atoms with van der Waals surface area (Å²) in [5.41, 5.74) is 5.71. The van der Waals surface area contributed by atoms with Crippen molar-refractivity contribution in [1.82, 2.24) is 4.90 Å². The second-order valence-electron chi connectivity index (χ2n) is 3.65. The maximum atomic E-state index is 10.6. The Morgan fingerprint density at radius 1 is 1.59 bits per heavy atom. The predicted octanol–water partition coefficient (Wildman–Crippen LogP) is 0.299. The number of carboxylic acids is 1. The number of halogens is 3. The summed E-state index contributed by atoms with van der Waals surface area (Å²) in [5, 5.41) is 7.12. The maximum absolute atomic E-state index is 10.6. The molecule has 5 nitrogen and oxygen atoms in total. The second-order valence-corrected chi connectivity index (χ2v) is 3.65. The van der Waals surface area contributed by atoms with Gasteiger partial charge in [0.1, 0.15) is 0 Å². The highest BCUT2D eigenvalue weighted by Gasteiger charge is 2.38. The van der Waals surface area contributed by atoms with Gasteiger partial charge >= 0.3 is 12.1 Å². The molecular formula is C9H17F3N2O3. The number of nitrogens with two attached hydrogens (primary N) is 1. The van der Waals surface area contributed by atoms with E-state index in [9.17, 15) is 13.2 Å². The summed E-state index contributed by atoms with van der Waals surface area (Å²) in [7, 11) is 1.73. The van der Waals surface area contributed by atoms with Crippen LogP contribution in [-0.2, 0) is 9.53 Å². The van der Waals surface area contributed by atoms with Crippen molar-refractivity contribution in [3.63, 3.8) is 0 Å². The molecule has 1 aliphatic rings. The van der Waals surface area contributed by atoms with E-state index in [-0.39, 0.29) is 0 Å². The van der Waals surface area contributed by atoms with Gasteiger partial charge in [0, 0.05) is 26.2 Å². The van der Waals surface area contributed by atoms with Crippen LogP contribution in [0.3, 0.4) is 0 Å². The smallest absolute Gasteiger partial charge is 0.475 e. The average molecular weight is 258 g/mol. The highest BCUT2D eigenvalue weighted by atomic mass is 19.4. The van der Waals surface area contributed by atoms with Crippen molar-refractivity contribution < 1.29 is 27.8 Å². The molecule has 8 heteroatoms. The molecule has 1 heterocycles. The van der Waals surface area contributed by atoms with Gasteiger partial charge < -0.3 is 15.6 Å². The molecule has 1 fully saturated rings. The number of carboxylic acid groups (broad SMARTS) is 1. The van der Waals surface area contributed by atoms with Gasteiger partial charge in [0.2, 0.25) is 0 Å². The quantitative estimate of drug-likeness (QED) is 0.761. The minimum absolute atomic E-state index is 0.400. The van der Waals surface area contributed by atoms with Crippen LogP contribution in [0, 0.1) is 0 Å². The molecule has 3 N–H and O–H groups in total. The normalized spacial score (nSPS) is 20.9. The van der Waals surface area contributed by atoms with Crippen LogP contribution in [0.15, 0.2) is 0 Å². The van der Waals surface area contributed by atoms with Crippen LogP contribution in [-0.4, -0.2) is 61.5 Å². The number of hydrogen-bond donors (Lipinski definition) is 2. The molecule has 102 valence electrons.